The first-order valence-corrected chi connectivity index (χ1v) is 10.4. The number of pyridine rings is 1. The molecule has 0 bridgehead atoms. The van der Waals surface area contributed by atoms with Gasteiger partial charge in [-0.15, -0.1) is 15.0 Å². The predicted molar refractivity (Wildman–Crippen MR) is 106 cm³/mol. The Morgan fingerprint density at radius 1 is 1.00 bits per heavy atom. The molecule has 10 heteroatoms. The van der Waals surface area contributed by atoms with Crippen LogP contribution in [0.4, 0.5) is 10.1 Å². The van der Waals surface area contributed by atoms with Crippen molar-refractivity contribution in [3.63, 3.8) is 0 Å². The maximum atomic E-state index is 14.3. The van der Waals surface area contributed by atoms with E-state index in [2.05, 4.69) is 25.1 Å². The van der Waals surface area contributed by atoms with E-state index in [9.17, 15) is 12.8 Å². The van der Waals surface area contributed by atoms with Crippen LogP contribution in [0.3, 0.4) is 0 Å². The number of nitrogens with one attached hydrogen (secondary N) is 1. The molecule has 8 nitrogen and oxygen atoms in total. The molecule has 2 aromatic heterocycles. The van der Waals surface area contributed by atoms with Crippen molar-refractivity contribution in [2.75, 3.05) is 11.0 Å². The van der Waals surface area contributed by atoms with E-state index in [-0.39, 0.29) is 0 Å². The zero-order chi connectivity index (χ0) is 20.4. The topological polar surface area (TPSA) is 103 Å². The first kappa shape index (κ1) is 18.7. The zero-order valence-corrected chi connectivity index (χ0v) is 16.0. The molecule has 1 N–H and O–H groups in total. The van der Waals surface area contributed by atoms with Crippen LogP contribution in [-0.4, -0.2) is 39.9 Å². The van der Waals surface area contributed by atoms with Crippen LogP contribution in [0.2, 0.25) is 0 Å². The number of benzene rings is 2. The van der Waals surface area contributed by atoms with E-state index >= 15 is 0 Å². The zero-order valence-electron chi connectivity index (χ0n) is 15.2. The van der Waals surface area contributed by atoms with Gasteiger partial charge >= 0.3 is 0 Å². The quantitative estimate of drug-likeness (QED) is 0.543. The van der Waals surface area contributed by atoms with E-state index < -0.39 is 15.8 Å². The van der Waals surface area contributed by atoms with Gasteiger partial charge in [-0.05, 0) is 52.7 Å². The van der Waals surface area contributed by atoms with Crippen molar-refractivity contribution >= 4 is 15.7 Å². The molecule has 0 atom stereocenters. The Labute approximate surface area is 166 Å². The third-order valence-corrected chi connectivity index (χ3v) is 4.53. The number of nitrogens with zero attached hydrogens (tertiary/aromatic N) is 5. The molecule has 0 spiro atoms. The molecule has 0 radical (unpaired) electrons. The second-order valence-electron chi connectivity index (χ2n) is 6.27. The summed E-state index contributed by atoms with van der Waals surface area (Å²) >= 11 is 0. The van der Waals surface area contributed by atoms with Crippen LogP contribution < -0.4 is 4.72 Å². The highest BCUT2D eigenvalue weighted by Crippen LogP contribution is 2.26. The molecule has 29 heavy (non-hydrogen) atoms. The van der Waals surface area contributed by atoms with Gasteiger partial charge in [0.25, 0.3) is 0 Å². The lowest BCUT2D eigenvalue weighted by molar-refractivity contribution is 0.606. The van der Waals surface area contributed by atoms with Crippen molar-refractivity contribution in [2.24, 2.45) is 0 Å². The molecule has 4 aromatic rings. The first-order valence-electron chi connectivity index (χ1n) is 8.48. The summed E-state index contributed by atoms with van der Waals surface area (Å²) in [6.07, 6.45) is 2.68. The highest BCUT2D eigenvalue weighted by molar-refractivity contribution is 7.92. The Morgan fingerprint density at radius 2 is 1.86 bits per heavy atom. The van der Waals surface area contributed by atoms with Crippen LogP contribution in [0.5, 0.6) is 0 Å². The molecule has 0 fully saturated rings. The number of hydrogen-bond donors (Lipinski definition) is 1. The normalized spacial score (nSPS) is 11.4. The number of hydrogen-bond acceptors (Lipinski definition) is 6. The number of rotatable bonds is 5. The fourth-order valence-electron chi connectivity index (χ4n) is 2.75. The third kappa shape index (κ3) is 4.43. The maximum absolute atomic E-state index is 14.3. The van der Waals surface area contributed by atoms with Crippen LogP contribution in [0.15, 0.2) is 66.9 Å². The van der Waals surface area contributed by atoms with Gasteiger partial charge in [-0.2, -0.15) is 0 Å². The van der Waals surface area contributed by atoms with Gasteiger partial charge in [0.05, 0.1) is 11.9 Å². The van der Waals surface area contributed by atoms with Crippen LogP contribution in [-0.2, 0) is 10.0 Å². The van der Waals surface area contributed by atoms with Crippen LogP contribution in [0.25, 0.3) is 28.3 Å². The monoisotopic (exact) mass is 410 g/mol. The van der Waals surface area contributed by atoms with Gasteiger partial charge in [0, 0.05) is 18.0 Å². The van der Waals surface area contributed by atoms with Crippen molar-refractivity contribution in [3.8, 4) is 28.3 Å². The van der Waals surface area contributed by atoms with E-state index in [1.807, 2.05) is 0 Å². The molecule has 0 unspecified atom stereocenters. The number of tetrazole rings is 1. The Balaban J connectivity index is 1.71. The summed E-state index contributed by atoms with van der Waals surface area (Å²) in [6.45, 7) is 0. The highest BCUT2D eigenvalue weighted by Gasteiger charge is 2.11. The molecule has 146 valence electrons. The van der Waals surface area contributed by atoms with E-state index in [0.717, 1.165) is 6.26 Å². The summed E-state index contributed by atoms with van der Waals surface area (Å²) in [5.41, 5.74) is 2.47. The Kier molecular flexibility index (Phi) is 4.77. The van der Waals surface area contributed by atoms with E-state index in [1.54, 1.807) is 54.7 Å². The molecule has 0 aliphatic heterocycles. The van der Waals surface area contributed by atoms with Crippen LogP contribution >= 0.6 is 0 Å². The molecule has 0 saturated carbocycles. The van der Waals surface area contributed by atoms with E-state index in [4.69, 9.17) is 0 Å². The lowest BCUT2D eigenvalue weighted by Crippen LogP contribution is -2.09. The number of anilines is 1. The molecule has 2 aromatic carbocycles. The number of aromatic nitrogens is 5. The van der Waals surface area contributed by atoms with Crippen molar-refractivity contribution in [2.45, 2.75) is 0 Å². The Bertz CT molecular complexity index is 1270. The lowest BCUT2D eigenvalue weighted by atomic mass is 10.0. The van der Waals surface area contributed by atoms with Crippen molar-refractivity contribution < 1.29 is 12.8 Å². The van der Waals surface area contributed by atoms with Crippen LogP contribution in [0.1, 0.15) is 0 Å². The summed E-state index contributed by atoms with van der Waals surface area (Å²) in [4.78, 5) is 5.39. The summed E-state index contributed by atoms with van der Waals surface area (Å²) in [6, 6.07) is 16.3. The van der Waals surface area contributed by atoms with Gasteiger partial charge in [0.2, 0.25) is 15.8 Å². The Morgan fingerprint density at radius 3 is 2.62 bits per heavy atom. The molecule has 0 saturated heterocycles. The molecule has 2 heterocycles. The fourth-order valence-corrected chi connectivity index (χ4v) is 3.31. The second kappa shape index (κ2) is 7.40. The minimum atomic E-state index is -3.42. The second-order valence-corrected chi connectivity index (χ2v) is 8.02. The minimum Gasteiger partial charge on any atom is -0.284 e. The molecule has 4 rings (SSSR count). The van der Waals surface area contributed by atoms with E-state index in [0.29, 0.717) is 34.0 Å². The summed E-state index contributed by atoms with van der Waals surface area (Å²) in [7, 11) is -3.42. The SMILES string of the molecule is CS(=O)(=O)Nc1cccc(-c2cc(F)cc(-n3nnc(-c4ccccn4)n3)c2)c1. The smallest absolute Gasteiger partial charge is 0.229 e. The van der Waals surface area contributed by atoms with E-state index in [1.165, 1.54) is 16.9 Å². The standard InChI is InChI=1S/C19H15FN6O2S/c1-29(27,28)24-16-6-4-5-13(10-16)14-9-15(20)12-17(11-14)26-23-19(22-25-26)18-7-2-3-8-21-18/h2-12,24H,1H3. The summed E-state index contributed by atoms with van der Waals surface area (Å²) in [5.74, 6) is -0.175. The largest absolute Gasteiger partial charge is 0.284 e. The van der Waals surface area contributed by atoms with Gasteiger partial charge in [-0.1, -0.05) is 18.2 Å². The lowest BCUT2D eigenvalue weighted by Gasteiger charge is -2.08. The number of sulfonamides is 1. The average molecular weight is 410 g/mol. The van der Waals surface area contributed by atoms with Crippen LogP contribution in [0, 0.1) is 5.82 Å². The fraction of sp³-hybridized carbons (Fsp3) is 0.0526. The first-order chi connectivity index (χ1) is 13.9. The predicted octanol–water partition coefficient (Wildman–Crippen LogP) is 2.90. The van der Waals surface area contributed by atoms with Gasteiger partial charge in [0.1, 0.15) is 11.5 Å². The van der Waals surface area contributed by atoms with Gasteiger partial charge in [-0.3, -0.25) is 9.71 Å². The van der Waals surface area contributed by atoms with Crippen molar-refractivity contribution in [1.82, 2.24) is 25.2 Å². The third-order valence-electron chi connectivity index (χ3n) is 3.92. The molecule has 0 amide bonds. The maximum Gasteiger partial charge on any atom is 0.229 e. The summed E-state index contributed by atoms with van der Waals surface area (Å²) < 4.78 is 39.6. The summed E-state index contributed by atoms with van der Waals surface area (Å²) in [5, 5.41) is 12.2. The molecular formula is C19H15FN6O2S. The van der Waals surface area contributed by atoms with Crippen molar-refractivity contribution in [3.05, 3.63) is 72.7 Å². The van der Waals surface area contributed by atoms with Gasteiger partial charge in [-0.25, -0.2) is 12.8 Å². The van der Waals surface area contributed by atoms with Gasteiger partial charge < -0.3 is 0 Å². The Hall–Kier alpha value is -3.66. The molecule has 0 aliphatic rings. The van der Waals surface area contributed by atoms with Gasteiger partial charge in [0.15, 0.2) is 0 Å². The molecular weight excluding hydrogens is 395 g/mol. The average Bonchev–Trinajstić information content (AvgIpc) is 3.17. The van der Waals surface area contributed by atoms with Crippen molar-refractivity contribution in [1.29, 1.82) is 0 Å². The minimum absolute atomic E-state index is 0.316. The highest BCUT2D eigenvalue weighted by atomic mass is 32.2. The molecule has 0 aliphatic carbocycles. The number of halogens is 1.